The van der Waals surface area contributed by atoms with Crippen LogP contribution in [-0.2, 0) is 0 Å². The molecule has 0 aromatic heterocycles. The van der Waals surface area contributed by atoms with E-state index in [1.54, 1.807) is 0 Å². The largest absolute Gasteiger partial charge is 0.367 e. The van der Waals surface area contributed by atoms with Gasteiger partial charge < -0.3 is 10.6 Å². The van der Waals surface area contributed by atoms with Gasteiger partial charge in [0.2, 0.25) is 0 Å². The van der Waals surface area contributed by atoms with E-state index in [4.69, 9.17) is 5.73 Å². The van der Waals surface area contributed by atoms with Crippen LogP contribution in [0.3, 0.4) is 0 Å². The molecule has 1 aromatic rings. The Balaban J connectivity index is 2.40. The monoisotopic (exact) mass is 260 g/mol. The zero-order chi connectivity index (χ0) is 14.1. The molecule has 0 spiro atoms. The smallest absolute Gasteiger partial charge is 0.0571 e. The number of hydrogen-bond donors (Lipinski definition) is 1. The zero-order valence-electron chi connectivity index (χ0n) is 12.9. The maximum absolute atomic E-state index is 6.25. The minimum atomic E-state index is 0.0824. The predicted molar refractivity (Wildman–Crippen MR) is 83.6 cm³/mol. The van der Waals surface area contributed by atoms with Crippen molar-refractivity contribution in [3.05, 3.63) is 29.8 Å². The van der Waals surface area contributed by atoms with Crippen molar-refractivity contribution in [3.8, 4) is 0 Å². The van der Waals surface area contributed by atoms with Crippen molar-refractivity contribution in [3.63, 3.8) is 0 Å². The summed E-state index contributed by atoms with van der Waals surface area (Å²) in [5, 5.41) is 0. The second-order valence-electron chi connectivity index (χ2n) is 6.72. The summed E-state index contributed by atoms with van der Waals surface area (Å²) < 4.78 is 0. The van der Waals surface area contributed by atoms with E-state index in [0.29, 0.717) is 0 Å². The molecule has 106 valence electrons. The molecule has 2 nitrogen and oxygen atoms in total. The molecule has 1 aliphatic rings. The highest BCUT2D eigenvalue weighted by molar-refractivity contribution is 5.51. The Bertz CT molecular complexity index is 439. The van der Waals surface area contributed by atoms with Gasteiger partial charge in [0.25, 0.3) is 0 Å². The summed E-state index contributed by atoms with van der Waals surface area (Å²) in [6.45, 7) is 7.64. The fraction of sp³-hybridized carbons (Fsp3) is 0.647. The lowest BCUT2D eigenvalue weighted by Gasteiger charge is -2.55. The lowest BCUT2D eigenvalue weighted by atomic mass is 9.62. The van der Waals surface area contributed by atoms with Gasteiger partial charge in [0.05, 0.1) is 5.54 Å². The first-order chi connectivity index (χ1) is 8.93. The SMILES string of the molecule is Cc1cccc(N(C)C2(CN)CCCCC2(C)C)c1. The van der Waals surface area contributed by atoms with E-state index < -0.39 is 0 Å². The summed E-state index contributed by atoms with van der Waals surface area (Å²) in [6.07, 6.45) is 5.08. The molecule has 0 radical (unpaired) electrons. The fourth-order valence-corrected chi connectivity index (χ4v) is 3.78. The lowest BCUT2D eigenvalue weighted by Crippen LogP contribution is -2.63. The Labute approximate surface area is 118 Å². The molecule has 0 aliphatic heterocycles. The van der Waals surface area contributed by atoms with Crippen LogP contribution in [0, 0.1) is 12.3 Å². The molecule has 0 saturated heterocycles. The third-order valence-corrected chi connectivity index (χ3v) is 5.27. The highest BCUT2D eigenvalue weighted by Gasteiger charge is 2.48. The molecule has 1 saturated carbocycles. The van der Waals surface area contributed by atoms with E-state index in [1.165, 1.54) is 36.9 Å². The van der Waals surface area contributed by atoms with Gasteiger partial charge in [-0.1, -0.05) is 38.8 Å². The van der Waals surface area contributed by atoms with Crippen LogP contribution >= 0.6 is 0 Å². The third-order valence-electron chi connectivity index (χ3n) is 5.27. The normalized spacial score (nSPS) is 26.2. The van der Waals surface area contributed by atoms with Crippen molar-refractivity contribution in [2.45, 2.75) is 52.0 Å². The van der Waals surface area contributed by atoms with Gasteiger partial charge in [-0.05, 0) is 42.9 Å². The highest BCUT2D eigenvalue weighted by Crippen LogP contribution is 2.47. The van der Waals surface area contributed by atoms with Crippen molar-refractivity contribution < 1.29 is 0 Å². The Morgan fingerprint density at radius 2 is 1.89 bits per heavy atom. The van der Waals surface area contributed by atoms with E-state index >= 15 is 0 Å². The van der Waals surface area contributed by atoms with Crippen LogP contribution in [0.4, 0.5) is 5.69 Å². The molecular formula is C17H28N2. The third kappa shape index (κ3) is 2.38. The first-order valence-corrected chi connectivity index (χ1v) is 7.43. The van der Waals surface area contributed by atoms with Gasteiger partial charge in [0.1, 0.15) is 0 Å². The molecular weight excluding hydrogens is 232 g/mol. The standard InChI is InChI=1S/C17H28N2/c1-14-8-7-9-15(12-14)19(4)17(13-18)11-6-5-10-16(17,2)3/h7-9,12H,5-6,10-11,13,18H2,1-4H3. The van der Waals surface area contributed by atoms with Crippen LogP contribution in [0.2, 0.25) is 0 Å². The van der Waals surface area contributed by atoms with E-state index in [2.05, 4.69) is 57.0 Å². The number of anilines is 1. The quantitative estimate of drug-likeness (QED) is 0.897. The van der Waals surface area contributed by atoms with Crippen LogP contribution in [0.15, 0.2) is 24.3 Å². The van der Waals surface area contributed by atoms with Gasteiger partial charge >= 0.3 is 0 Å². The molecule has 19 heavy (non-hydrogen) atoms. The van der Waals surface area contributed by atoms with Gasteiger partial charge in [-0.25, -0.2) is 0 Å². The second-order valence-corrected chi connectivity index (χ2v) is 6.72. The Morgan fingerprint density at radius 1 is 1.21 bits per heavy atom. The number of aryl methyl sites for hydroxylation is 1. The molecule has 1 unspecified atom stereocenters. The minimum absolute atomic E-state index is 0.0824. The summed E-state index contributed by atoms with van der Waals surface area (Å²) >= 11 is 0. The Kier molecular flexibility index (Phi) is 3.91. The van der Waals surface area contributed by atoms with Gasteiger partial charge in [0, 0.05) is 19.3 Å². The Hall–Kier alpha value is -1.02. The molecule has 1 atom stereocenters. The molecule has 0 amide bonds. The van der Waals surface area contributed by atoms with Gasteiger partial charge in [-0.15, -0.1) is 0 Å². The molecule has 2 N–H and O–H groups in total. The van der Waals surface area contributed by atoms with Crippen molar-refractivity contribution in [2.24, 2.45) is 11.1 Å². The van der Waals surface area contributed by atoms with Crippen molar-refractivity contribution in [1.29, 1.82) is 0 Å². The molecule has 0 heterocycles. The Morgan fingerprint density at radius 3 is 2.47 bits per heavy atom. The van der Waals surface area contributed by atoms with Crippen LogP contribution < -0.4 is 10.6 Å². The number of hydrogen-bond acceptors (Lipinski definition) is 2. The molecule has 2 heteroatoms. The van der Waals surface area contributed by atoms with Gasteiger partial charge in [-0.2, -0.15) is 0 Å². The van der Waals surface area contributed by atoms with Gasteiger partial charge in [-0.3, -0.25) is 0 Å². The van der Waals surface area contributed by atoms with E-state index in [1.807, 2.05) is 0 Å². The molecule has 2 rings (SSSR count). The average Bonchev–Trinajstić information content (AvgIpc) is 2.38. The molecule has 1 fully saturated rings. The first-order valence-electron chi connectivity index (χ1n) is 7.43. The summed E-state index contributed by atoms with van der Waals surface area (Å²) in [7, 11) is 2.22. The lowest BCUT2D eigenvalue weighted by molar-refractivity contribution is 0.101. The second kappa shape index (κ2) is 5.16. The number of nitrogens with zero attached hydrogens (tertiary/aromatic N) is 1. The highest BCUT2D eigenvalue weighted by atomic mass is 15.2. The number of nitrogens with two attached hydrogens (primary N) is 1. The summed E-state index contributed by atoms with van der Waals surface area (Å²) in [5.41, 5.74) is 9.20. The maximum atomic E-state index is 6.25. The van der Waals surface area contributed by atoms with Crippen LogP contribution in [0.5, 0.6) is 0 Å². The van der Waals surface area contributed by atoms with E-state index in [0.717, 1.165) is 6.54 Å². The molecule has 1 aliphatic carbocycles. The topological polar surface area (TPSA) is 29.3 Å². The first kappa shape index (κ1) is 14.4. The van der Waals surface area contributed by atoms with Gasteiger partial charge in [0.15, 0.2) is 0 Å². The number of rotatable bonds is 3. The van der Waals surface area contributed by atoms with Crippen LogP contribution in [0.25, 0.3) is 0 Å². The van der Waals surface area contributed by atoms with Crippen molar-refractivity contribution in [1.82, 2.24) is 0 Å². The van der Waals surface area contributed by atoms with Crippen molar-refractivity contribution >= 4 is 5.69 Å². The van der Waals surface area contributed by atoms with Crippen LogP contribution in [0.1, 0.15) is 45.1 Å². The summed E-state index contributed by atoms with van der Waals surface area (Å²) in [6, 6.07) is 8.76. The van der Waals surface area contributed by atoms with Crippen LogP contribution in [-0.4, -0.2) is 19.1 Å². The molecule has 0 bridgehead atoms. The fourth-order valence-electron chi connectivity index (χ4n) is 3.78. The maximum Gasteiger partial charge on any atom is 0.0571 e. The predicted octanol–water partition coefficient (Wildman–Crippen LogP) is 3.73. The zero-order valence-corrected chi connectivity index (χ0v) is 12.9. The molecule has 1 aromatic carbocycles. The number of likely N-dealkylation sites (N-methyl/N-ethyl adjacent to an activating group) is 1. The summed E-state index contributed by atoms with van der Waals surface area (Å²) in [5.74, 6) is 0. The summed E-state index contributed by atoms with van der Waals surface area (Å²) in [4.78, 5) is 2.44. The minimum Gasteiger partial charge on any atom is -0.367 e. The van der Waals surface area contributed by atoms with Crippen molar-refractivity contribution in [2.75, 3.05) is 18.5 Å². The van der Waals surface area contributed by atoms with E-state index in [9.17, 15) is 0 Å². The van der Waals surface area contributed by atoms with E-state index in [-0.39, 0.29) is 11.0 Å². The number of benzene rings is 1. The average molecular weight is 260 g/mol.